The number of nitrogens with one attached hydrogen (secondary N) is 1. The normalized spacial score (nSPS) is 24.2. The minimum absolute atomic E-state index is 0.00782. The van der Waals surface area contributed by atoms with E-state index in [2.05, 4.69) is 45.4 Å². The topological polar surface area (TPSA) is 76.2 Å². The van der Waals surface area contributed by atoms with Crippen LogP contribution in [0.1, 0.15) is 50.5 Å². The molecule has 0 unspecified atom stereocenters. The van der Waals surface area contributed by atoms with E-state index in [4.69, 9.17) is 0 Å². The lowest BCUT2D eigenvalue weighted by molar-refractivity contribution is -0.126. The second-order valence-electron chi connectivity index (χ2n) is 10.3. The second kappa shape index (κ2) is 13.1. The highest BCUT2D eigenvalue weighted by molar-refractivity contribution is 7.86. The van der Waals surface area contributed by atoms with Gasteiger partial charge in [-0.1, -0.05) is 43.2 Å². The number of rotatable bonds is 9. The summed E-state index contributed by atoms with van der Waals surface area (Å²) in [5.41, 5.74) is 1.36. The molecule has 1 aromatic carbocycles. The van der Waals surface area contributed by atoms with Crippen LogP contribution in [-0.4, -0.2) is 98.2 Å². The number of amides is 1. The van der Waals surface area contributed by atoms with Gasteiger partial charge < -0.3 is 10.2 Å². The molecule has 0 radical (unpaired) electrons. The first-order chi connectivity index (χ1) is 17.0. The van der Waals surface area contributed by atoms with Gasteiger partial charge in [0.05, 0.1) is 5.92 Å². The van der Waals surface area contributed by atoms with E-state index in [9.17, 15) is 13.2 Å². The molecule has 3 fully saturated rings. The van der Waals surface area contributed by atoms with Gasteiger partial charge in [0.15, 0.2) is 0 Å². The fourth-order valence-electron chi connectivity index (χ4n) is 5.47. The summed E-state index contributed by atoms with van der Waals surface area (Å²) in [5.74, 6) is -0.236. The number of piperazine rings is 1. The highest BCUT2D eigenvalue weighted by Crippen LogP contribution is 2.23. The standard InChI is InChI=1S/C26H43N5O3S/c32-26(25-12-8-17-31(23-25)35(33,34)30-15-6-1-2-7-16-30)27-13-9-14-28-18-20-29(21-19-28)22-24-10-4-3-5-11-24/h3-5,10-11,25H,1-2,6-9,12-23H2,(H,27,32)/t25-/m1/s1. The van der Waals surface area contributed by atoms with Crippen molar-refractivity contribution in [1.29, 1.82) is 0 Å². The van der Waals surface area contributed by atoms with Crippen molar-refractivity contribution in [2.75, 3.05) is 65.4 Å². The molecule has 0 spiro atoms. The summed E-state index contributed by atoms with van der Waals surface area (Å²) in [4.78, 5) is 17.8. The van der Waals surface area contributed by atoms with E-state index in [1.165, 1.54) is 5.56 Å². The SMILES string of the molecule is O=C(NCCCN1CCN(Cc2ccccc2)CC1)[C@@H]1CCCN(S(=O)(=O)N2CCCCCC2)C1. The molecule has 0 saturated carbocycles. The molecule has 0 aromatic heterocycles. The fraction of sp³-hybridized carbons (Fsp3) is 0.731. The Morgan fingerprint density at radius 3 is 2.20 bits per heavy atom. The summed E-state index contributed by atoms with van der Waals surface area (Å²) in [6, 6.07) is 10.6. The molecule has 3 aliphatic heterocycles. The van der Waals surface area contributed by atoms with Crippen molar-refractivity contribution < 1.29 is 13.2 Å². The third kappa shape index (κ3) is 7.73. The molecular formula is C26H43N5O3S. The summed E-state index contributed by atoms with van der Waals surface area (Å²) in [6.07, 6.45) is 6.49. The summed E-state index contributed by atoms with van der Waals surface area (Å²) in [5, 5.41) is 3.08. The largest absolute Gasteiger partial charge is 0.356 e. The number of piperidine rings is 1. The number of carbonyl (C=O) groups excluding carboxylic acids is 1. The number of hydrogen-bond donors (Lipinski definition) is 1. The minimum Gasteiger partial charge on any atom is -0.356 e. The minimum atomic E-state index is -3.46. The van der Waals surface area contributed by atoms with Gasteiger partial charge in [-0.3, -0.25) is 9.69 Å². The Balaban J connectivity index is 1.13. The average Bonchev–Trinajstić information content (AvgIpc) is 3.19. The first-order valence-electron chi connectivity index (χ1n) is 13.5. The molecule has 196 valence electrons. The van der Waals surface area contributed by atoms with Crippen LogP contribution in [-0.2, 0) is 21.5 Å². The van der Waals surface area contributed by atoms with Gasteiger partial charge in [-0.25, -0.2) is 0 Å². The van der Waals surface area contributed by atoms with Crippen molar-refractivity contribution in [1.82, 2.24) is 23.7 Å². The van der Waals surface area contributed by atoms with Crippen molar-refractivity contribution >= 4 is 16.1 Å². The first kappa shape index (κ1) is 26.5. The maximum Gasteiger partial charge on any atom is 0.281 e. The molecule has 35 heavy (non-hydrogen) atoms. The molecule has 1 amide bonds. The van der Waals surface area contributed by atoms with Crippen LogP contribution in [0.15, 0.2) is 30.3 Å². The molecule has 0 aliphatic carbocycles. The van der Waals surface area contributed by atoms with E-state index in [1.54, 1.807) is 8.61 Å². The van der Waals surface area contributed by atoms with Gasteiger partial charge in [-0.05, 0) is 44.2 Å². The van der Waals surface area contributed by atoms with Crippen LogP contribution in [0.25, 0.3) is 0 Å². The van der Waals surface area contributed by atoms with Gasteiger partial charge >= 0.3 is 0 Å². The lowest BCUT2D eigenvalue weighted by atomic mass is 9.99. The van der Waals surface area contributed by atoms with Crippen molar-refractivity contribution in [2.24, 2.45) is 5.92 Å². The van der Waals surface area contributed by atoms with Crippen molar-refractivity contribution in [3.05, 3.63) is 35.9 Å². The molecular weight excluding hydrogens is 462 g/mol. The molecule has 0 bridgehead atoms. The van der Waals surface area contributed by atoms with Gasteiger partial charge in [0.25, 0.3) is 10.2 Å². The van der Waals surface area contributed by atoms with E-state index < -0.39 is 10.2 Å². The molecule has 3 aliphatic rings. The quantitative estimate of drug-likeness (QED) is 0.521. The van der Waals surface area contributed by atoms with Crippen LogP contribution in [0.2, 0.25) is 0 Å². The number of benzene rings is 1. The van der Waals surface area contributed by atoms with Gasteiger partial charge in [0.2, 0.25) is 5.91 Å². The van der Waals surface area contributed by atoms with Crippen LogP contribution in [0.5, 0.6) is 0 Å². The summed E-state index contributed by atoms with van der Waals surface area (Å²) >= 11 is 0. The lowest BCUT2D eigenvalue weighted by Gasteiger charge is -2.35. The van der Waals surface area contributed by atoms with Crippen LogP contribution >= 0.6 is 0 Å². The Morgan fingerprint density at radius 2 is 1.49 bits per heavy atom. The van der Waals surface area contributed by atoms with Gasteiger partial charge in [0, 0.05) is 65.4 Å². The van der Waals surface area contributed by atoms with Crippen LogP contribution in [0.3, 0.4) is 0 Å². The number of nitrogens with zero attached hydrogens (tertiary/aromatic N) is 4. The molecule has 8 nitrogen and oxygen atoms in total. The number of hydrogen-bond acceptors (Lipinski definition) is 5. The second-order valence-corrected chi connectivity index (χ2v) is 12.2. The van der Waals surface area contributed by atoms with E-state index in [-0.39, 0.29) is 11.8 Å². The van der Waals surface area contributed by atoms with E-state index in [0.29, 0.717) is 32.7 Å². The Bertz CT molecular complexity index is 882. The smallest absolute Gasteiger partial charge is 0.281 e. The Morgan fingerprint density at radius 1 is 0.829 bits per heavy atom. The zero-order valence-corrected chi connectivity index (χ0v) is 21.9. The monoisotopic (exact) mass is 505 g/mol. The van der Waals surface area contributed by atoms with E-state index in [0.717, 1.165) is 84.2 Å². The zero-order chi connectivity index (χ0) is 24.5. The predicted molar refractivity (Wildman–Crippen MR) is 139 cm³/mol. The van der Waals surface area contributed by atoms with E-state index in [1.807, 2.05) is 0 Å². The maximum atomic E-state index is 13.1. The summed E-state index contributed by atoms with van der Waals surface area (Å²) < 4.78 is 29.5. The van der Waals surface area contributed by atoms with Crippen LogP contribution in [0, 0.1) is 5.92 Å². The van der Waals surface area contributed by atoms with Crippen molar-refractivity contribution in [3.63, 3.8) is 0 Å². The molecule has 1 aromatic rings. The van der Waals surface area contributed by atoms with Crippen molar-refractivity contribution in [3.8, 4) is 0 Å². The fourth-order valence-corrected chi connectivity index (χ4v) is 7.25. The van der Waals surface area contributed by atoms with Gasteiger partial charge in [-0.15, -0.1) is 0 Å². The molecule has 9 heteroatoms. The zero-order valence-electron chi connectivity index (χ0n) is 21.1. The Hall–Kier alpha value is -1.52. The molecule has 1 N–H and O–H groups in total. The van der Waals surface area contributed by atoms with Gasteiger partial charge in [0.1, 0.15) is 0 Å². The summed E-state index contributed by atoms with van der Waals surface area (Å²) in [7, 11) is -3.46. The molecule has 1 atom stereocenters. The summed E-state index contributed by atoms with van der Waals surface area (Å²) in [6.45, 7) is 8.97. The Kier molecular flexibility index (Phi) is 9.97. The third-order valence-electron chi connectivity index (χ3n) is 7.64. The van der Waals surface area contributed by atoms with Crippen LogP contribution < -0.4 is 5.32 Å². The molecule has 4 rings (SSSR count). The maximum absolute atomic E-state index is 13.1. The highest BCUT2D eigenvalue weighted by Gasteiger charge is 2.35. The number of carbonyl (C=O) groups is 1. The predicted octanol–water partition coefficient (Wildman–Crippen LogP) is 2.14. The molecule has 3 heterocycles. The lowest BCUT2D eigenvalue weighted by Crippen LogP contribution is -2.51. The molecule has 3 saturated heterocycles. The van der Waals surface area contributed by atoms with Crippen LogP contribution in [0.4, 0.5) is 0 Å². The first-order valence-corrected chi connectivity index (χ1v) is 14.9. The average molecular weight is 506 g/mol. The highest BCUT2D eigenvalue weighted by atomic mass is 32.2. The van der Waals surface area contributed by atoms with Crippen molar-refractivity contribution in [2.45, 2.75) is 51.5 Å². The third-order valence-corrected chi connectivity index (χ3v) is 9.64. The van der Waals surface area contributed by atoms with E-state index >= 15 is 0 Å². The Labute approximate surface area is 211 Å². The van der Waals surface area contributed by atoms with Gasteiger partial charge in [-0.2, -0.15) is 17.0 Å².